The van der Waals surface area contributed by atoms with Crippen LogP contribution in [0.1, 0.15) is 34.6 Å². The average Bonchev–Trinajstić information content (AvgIpc) is 2.72. The van der Waals surface area contributed by atoms with E-state index < -0.39 is 0 Å². The Hall–Kier alpha value is -3.03. The molecular weight excluding hydrogens is 356 g/mol. The molecule has 3 heterocycles. The van der Waals surface area contributed by atoms with Crippen LogP contribution >= 0.6 is 0 Å². The first-order valence-corrected chi connectivity index (χ1v) is 9.43. The van der Waals surface area contributed by atoms with Gasteiger partial charge in [-0.05, 0) is 31.9 Å². The van der Waals surface area contributed by atoms with E-state index in [1.165, 1.54) is 0 Å². The van der Waals surface area contributed by atoms with E-state index in [0.29, 0.717) is 49.7 Å². The van der Waals surface area contributed by atoms with E-state index in [1.807, 2.05) is 39.2 Å². The summed E-state index contributed by atoms with van der Waals surface area (Å²) in [7, 11) is 3.72. The SMILES string of the molecule is Cc1nc(N(C)C)ncc1C(=O)N1CCC(C(=O)NCc2ccccn2)CC1. The van der Waals surface area contributed by atoms with Crippen LogP contribution in [0, 0.1) is 12.8 Å². The molecule has 2 aromatic heterocycles. The van der Waals surface area contributed by atoms with Crippen LogP contribution in [0.4, 0.5) is 5.95 Å². The summed E-state index contributed by atoms with van der Waals surface area (Å²) >= 11 is 0. The number of amides is 2. The van der Waals surface area contributed by atoms with Crippen molar-refractivity contribution in [3.05, 3.63) is 47.5 Å². The van der Waals surface area contributed by atoms with Crippen molar-refractivity contribution < 1.29 is 9.59 Å². The van der Waals surface area contributed by atoms with Crippen LogP contribution in [0.3, 0.4) is 0 Å². The fraction of sp³-hybridized carbons (Fsp3) is 0.450. The predicted octanol–water partition coefficient (Wildman–Crippen LogP) is 1.41. The van der Waals surface area contributed by atoms with E-state index in [9.17, 15) is 9.59 Å². The number of hydrogen-bond acceptors (Lipinski definition) is 6. The van der Waals surface area contributed by atoms with E-state index in [0.717, 1.165) is 5.69 Å². The molecule has 1 aliphatic heterocycles. The van der Waals surface area contributed by atoms with Gasteiger partial charge in [0.25, 0.3) is 5.91 Å². The smallest absolute Gasteiger partial charge is 0.257 e. The molecule has 0 bridgehead atoms. The van der Waals surface area contributed by atoms with Crippen LogP contribution in [0.2, 0.25) is 0 Å². The topological polar surface area (TPSA) is 91.3 Å². The Balaban J connectivity index is 1.53. The highest BCUT2D eigenvalue weighted by molar-refractivity contribution is 5.95. The molecule has 2 aromatic rings. The Morgan fingerprint density at radius 3 is 2.57 bits per heavy atom. The maximum absolute atomic E-state index is 12.8. The van der Waals surface area contributed by atoms with Gasteiger partial charge in [-0.15, -0.1) is 0 Å². The summed E-state index contributed by atoms with van der Waals surface area (Å²) in [5.41, 5.74) is 2.02. The molecule has 0 aliphatic carbocycles. The molecule has 0 atom stereocenters. The van der Waals surface area contributed by atoms with Crippen LogP contribution in [0.5, 0.6) is 0 Å². The van der Waals surface area contributed by atoms with Crippen molar-refractivity contribution in [3.63, 3.8) is 0 Å². The normalized spacial score (nSPS) is 14.6. The minimum absolute atomic E-state index is 0.0209. The summed E-state index contributed by atoms with van der Waals surface area (Å²) in [6.45, 7) is 3.35. The van der Waals surface area contributed by atoms with Crippen LogP contribution in [-0.4, -0.2) is 58.9 Å². The molecular formula is C20H26N6O2. The Labute approximate surface area is 165 Å². The molecule has 1 saturated heterocycles. The molecule has 28 heavy (non-hydrogen) atoms. The number of carbonyl (C=O) groups excluding carboxylic acids is 2. The number of nitrogens with one attached hydrogen (secondary N) is 1. The fourth-order valence-corrected chi connectivity index (χ4v) is 3.22. The Morgan fingerprint density at radius 1 is 1.21 bits per heavy atom. The van der Waals surface area contributed by atoms with Crippen molar-refractivity contribution in [1.82, 2.24) is 25.2 Å². The Kier molecular flexibility index (Phi) is 6.18. The zero-order chi connectivity index (χ0) is 20.1. The lowest BCUT2D eigenvalue weighted by atomic mass is 9.95. The predicted molar refractivity (Wildman–Crippen MR) is 106 cm³/mol. The number of likely N-dealkylation sites (tertiary alicyclic amines) is 1. The molecule has 0 spiro atoms. The van der Waals surface area contributed by atoms with Crippen molar-refractivity contribution in [1.29, 1.82) is 0 Å². The van der Waals surface area contributed by atoms with E-state index in [-0.39, 0.29) is 17.7 Å². The second kappa shape index (κ2) is 8.77. The summed E-state index contributed by atoms with van der Waals surface area (Å²) in [5.74, 6) is 0.446. The monoisotopic (exact) mass is 382 g/mol. The zero-order valence-electron chi connectivity index (χ0n) is 16.6. The second-order valence-corrected chi connectivity index (χ2v) is 7.17. The number of piperidine rings is 1. The number of carbonyl (C=O) groups is 2. The van der Waals surface area contributed by atoms with Crippen molar-refractivity contribution in [2.75, 3.05) is 32.1 Å². The van der Waals surface area contributed by atoms with E-state index in [4.69, 9.17) is 0 Å². The lowest BCUT2D eigenvalue weighted by molar-refractivity contribution is -0.126. The molecule has 1 fully saturated rings. The first-order valence-electron chi connectivity index (χ1n) is 9.43. The number of anilines is 1. The van der Waals surface area contributed by atoms with Gasteiger partial charge in [0.15, 0.2) is 0 Å². The molecule has 2 amide bonds. The first kappa shape index (κ1) is 19.7. The van der Waals surface area contributed by atoms with Crippen molar-refractivity contribution in [2.45, 2.75) is 26.3 Å². The maximum atomic E-state index is 12.8. The molecule has 3 rings (SSSR count). The van der Waals surface area contributed by atoms with Gasteiger partial charge in [0, 0.05) is 45.5 Å². The molecule has 148 valence electrons. The second-order valence-electron chi connectivity index (χ2n) is 7.17. The Bertz CT molecular complexity index is 832. The molecule has 1 N–H and O–H groups in total. The minimum atomic E-state index is -0.0822. The van der Waals surface area contributed by atoms with Gasteiger partial charge in [-0.3, -0.25) is 14.6 Å². The van der Waals surface area contributed by atoms with Gasteiger partial charge in [0.1, 0.15) is 0 Å². The summed E-state index contributed by atoms with van der Waals surface area (Å²) in [6, 6.07) is 5.63. The molecule has 1 aliphatic rings. The number of rotatable bonds is 5. The van der Waals surface area contributed by atoms with Gasteiger partial charge >= 0.3 is 0 Å². The minimum Gasteiger partial charge on any atom is -0.350 e. The largest absolute Gasteiger partial charge is 0.350 e. The fourth-order valence-electron chi connectivity index (χ4n) is 3.22. The number of nitrogens with zero attached hydrogens (tertiary/aromatic N) is 5. The van der Waals surface area contributed by atoms with Crippen LogP contribution < -0.4 is 10.2 Å². The van der Waals surface area contributed by atoms with Crippen molar-refractivity contribution in [2.24, 2.45) is 5.92 Å². The van der Waals surface area contributed by atoms with Crippen molar-refractivity contribution in [3.8, 4) is 0 Å². The van der Waals surface area contributed by atoms with E-state index in [2.05, 4.69) is 20.3 Å². The highest BCUT2D eigenvalue weighted by atomic mass is 16.2. The third-order valence-corrected chi connectivity index (χ3v) is 4.92. The highest BCUT2D eigenvalue weighted by Gasteiger charge is 2.28. The molecule has 0 unspecified atom stereocenters. The van der Waals surface area contributed by atoms with Gasteiger partial charge in [-0.1, -0.05) is 6.07 Å². The van der Waals surface area contributed by atoms with Gasteiger partial charge < -0.3 is 15.1 Å². The lowest BCUT2D eigenvalue weighted by Gasteiger charge is -2.31. The van der Waals surface area contributed by atoms with Gasteiger partial charge in [-0.25, -0.2) is 9.97 Å². The summed E-state index contributed by atoms with van der Waals surface area (Å²) in [6.07, 6.45) is 4.60. The van der Waals surface area contributed by atoms with Gasteiger partial charge in [-0.2, -0.15) is 0 Å². The van der Waals surface area contributed by atoms with Crippen LogP contribution in [0.15, 0.2) is 30.6 Å². The zero-order valence-corrected chi connectivity index (χ0v) is 16.6. The van der Waals surface area contributed by atoms with Crippen LogP contribution in [-0.2, 0) is 11.3 Å². The van der Waals surface area contributed by atoms with Crippen LogP contribution in [0.25, 0.3) is 0 Å². The number of aromatic nitrogens is 3. The number of aryl methyl sites for hydroxylation is 1. The molecule has 0 radical (unpaired) electrons. The third-order valence-electron chi connectivity index (χ3n) is 4.92. The summed E-state index contributed by atoms with van der Waals surface area (Å²) < 4.78 is 0. The van der Waals surface area contributed by atoms with E-state index >= 15 is 0 Å². The summed E-state index contributed by atoms with van der Waals surface area (Å²) in [4.78, 5) is 41.6. The third kappa shape index (κ3) is 4.62. The maximum Gasteiger partial charge on any atom is 0.257 e. The van der Waals surface area contributed by atoms with Gasteiger partial charge in [0.05, 0.1) is 23.5 Å². The number of hydrogen-bond donors (Lipinski definition) is 1. The standard InChI is InChI=1S/C20H26N6O2/c1-14-17(13-23-20(24-14)25(2)3)19(28)26-10-7-15(8-11-26)18(27)22-12-16-6-4-5-9-21-16/h4-6,9,13,15H,7-8,10-12H2,1-3H3,(H,22,27). The number of pyridine rings is 1. The van der Waals surface area contributed by atoms with Crippen molar-refractivity contribution >= 4 is 17.8 Å². The average molecular weight is 382 g/mol. The highest BCUT2D eigenvalue weighted by Crippen LogP contribution is 2.20. The Morgan fingerprint density at radius 2 is 1.96 bits per heavy atom. The van der Waals surface area contributed by atoms with Gasteiger partial charge in [0.2, 0.25) is 11.9 Å². The molecule has 8 nitrogen and oxygen atoms in total. The van der Waals surface area contributed by atoms with E-state index in [1.54, 1.807) is 22.2 Å². The molecule has 0 saturated carbocycles. The first-order chi connectivity index (χ1) is 13.5. The lowest BCUT2D eigenvalue weighted by Crippen LogP contribution is -2.43. The quantitative estimate of drug-likeness (QED) is 0.841. The molecule has 8 heteroatoms. The molecule has 0 aromatic carbocycles. The summed E-state index contributed by atoms with van der Waals surface area (Å²) in [5, 5.41) is 2.94.